The minimum atomic E-state index is -3.89. The molecule has 0 N–H and O–H groups in total. The maximum atomic E-state index is 12.6. The predicted octanol–water partition coefficient (Wildman–Crippen LogP) is 4.83. The van der Waals surface area contributed by atoms with Crippen LogP contribution in [0.3, 0.4) is 0 Å². The van der Waals surface area contributed by atoms with Gasteiger partial charge in [-0.15, -0.1) is 0 Å². The molecule has 0 bridgehead atoms. The zero-order valence-corrected chi connectivity index (χ0v) is 17.4. The van der Waals surface area contributed by atoms with Gasteiger partial charge in [-0.05, 0) is 37.1 Å². The molecule has 2 aromatic rings. The fourth-order valence-corrected chi connectivity index (χ4v) is 4.30. The second-order valence-corrected chi connectivity index (χ2v) is 8.34. The van der Waals surface area contributed by atoms with Crippen molar-refractivity contribution in [3.8, 4) is 0 Å². The maximum absolute atomic E-state index is 12.6. The van der Waals surface area contributed by atoms with Crippen molar-refractivity contribution in [1.29, 1.82) is 0 Å². The second kappa shape index (κ2) is 10.4. The Bertz CT molecular complexity index is 834. The lowest BCUT2D eigenvalue weighted by Gasteiger charge is -2.29. The summed E-state index contributed by atoms with van der Waals surface area (Å²) in [6.45, 7) is 5.73. The molecule has 2 aromatic carbocycles. The van der Waals surface area contributed by atoms with Gasteiger partial charge in [-0.1, -0.05) is 63.6 Å². The molecule has 6 heteroatoms. The van der Waals surface area contributed by atoms with Crippen LogP contribution in [0, 0.1) is 5.92 Å². The van der Waals surface area contributed by atoms with Gasteiger partial charge < -0.3 is 4.74 Å². The summed E-state index contributed by atoms with van der Waals surface area (Å²) in [5, 5.41) is 0. The van der Waals surface area contributed by atoms with Crippen molar-refractivity contribution in [2.75, 3.05) is 0 Å². The molecule has 0 aliphatic carbocycles. The van der Waals surface area contributed by atoms with Crippen molar-refractivity contribution in [3.63, 3.8) is 0 Å². The second-order valence-electron chi connectivity index (χ2n) is 6.77. The molecule has 0 spiro atoms. The van der Waals surface area contributed by atoms with E-state index in [9.17, 15) is 13.2 Å². The van der Waals surface area contributed by atoms with E-state index in [2.05, 4.69) is 0 Å². The zero-order chi connectivity index (χ0) is 20.6. The maximum Gasteiger partial charge on any atom is 0.338 e. The highest BCUT2D eigenvalue weighted by Crippen LogP contribution is 2.26. The zero-order valence-electron chi connectivity index (χ0n) is 16.6. The van der Waals surface area contributed by atoms with E-state index in [-0.39, 0.29) is 10.8 Å². The van der Waals surface area contributed by atoms with Gasteiger partial charge in [-0.2, -0.15) is 8.42 Å². The van der Waals surface area contributed by atoms with Gasteiger partial charge in [0.2, 0.25) is 0 Å². The van der Waals surface area contributed by atoms with Crippen LogP contribution >= 0.6 is 0 Å². The molecule has 0 saturated carbocycles. The first-order valence-electron chi connectivity index (χ1n) is 9.63. The number of ether oxygens (including phenoxy) is 1. The number of carbonyl (C=O) groups is 1. The normalized spacial score (nSPS) is 14.8. The Balaban J connectivity index is 2.15. The van der Waals surface area contributed by atoms with E-state index in [1.807, 2.05) is 26.8 Å². The summed E-state index contributed by atoms with van der Waals surface area (Å²) < 4.78 is 36.5. The molecule has 28 heavy (non-hydrogen) atoms. The summed E-state index contributed by atoms with van der Waals surface area (Å²) in [4.78, 5) is 12.6. The van der Waals surface area contributed by atoms with E-state index in [0.717, 1.165) is 6.42 Å². The Morgan fingerprint density at radius 1 is 0.929 bits per heavy atom. The van der Waals surface area contributed by atoms with E-state index < -0.39 is 28.3 Å². The monoisotopic (exact) mass is 404 g/mol. The molecular weight excluding hydrogens is 376 g/mol. The summed E-state index contributed by atoms with van der Waals surface area (Å²) >= 11 is 0. The van der Waals surface area contributed by atoms with E-state index in [1.54, 1.807) is 42.5 Å². The van der Waals surface area contributed by atoms with Crippen molar-refractivity contribution in [1.82, 2.24) is 0 Å². The Hall–Kier alpha value is -2.18. The molecular formula is C22H28O5S. The lowest BCUT2D eigenvalue weighted by molar-refractivity contribution is -0.00991. The lowest BCUT2D eigenvalue weighted by Crippen LogP contribution is -2.36. The lowest BCUT2D eigenvalue weighted by atomic mass is 9.93. The Morgan fingerprint density at radius 3 is 2.04 bits per heavy atom. The number of esters is 1. The van der Waals surface area contributed by atoms with Gasteiger partial charge in [0.1, 0.15) is 6.10 Å². The highest BCUT2D eigenvalue weighted by molar-refractivity contribution is 7.86. The van der Waals surface area contributed by atoms with E-state index in [0.29, 0.717) is 18.4 Å². The summed E-state index contributed by atoms with van der Waals surface area (Å²) in [5.41, 5.74) is 0.474. The molecule has 0 fully saturated rings. The highest BCUT2D eigenvalue weighted by atomic mass is 32.2. The van der Waals surface area contributed by atoms with Crippen LogP contribution in [0.4, 0.5) is 0 Å². The fourth-order valence-electron chi connectivity index (χ4n) is 3.07. The van der Waals surface area contributed by atoms with Crippen molar-refractivity contribution < 1.29 is 22.1 Å². The molecule has 0 saturated heterocycles. The van der Waals surface area contributed by atoms with E-state index in [1.165, 1.54) is 12.1 Å². The first kappa shape index (κ1) is 22.1. The van der Waals surface area contributed by atoms with Crippen LogP contribution in [0.15, 0.2) is 65.6 Å². The molecule has 0 amide bonds. The third-order valence-electron chi connectivity index (χ3n) is 4.70. The van der Waals surface area contributed by atoms with Crippen LogP contribution < -0.4 is 0 Å². The highest BCUT2D eigenvalue weighted by Gasteiger charge is 2.32. The molecule has 3 unspecified atom stereocenters. The SMILES string of the molecule is CCCC(OC(=O)c1ccccc1)C(C)C(CC)OS(=O)(=O)c1ccccc1. The van der Waals surface area contributed by atoms with Crippen molar-refractivity contribution in [3.05, 3.63) is 66.2 Å². The Morgan fingerprint density at radius 2 is 1.50 bits per heavy atom. The quantitative estimate of drug-likeness (QED) is 0.419. The van der Waals surface area contributed by atoms with E-state index >= 15 is 0 Å². The topological polar surface area (TPSA) is 69.7 Å². The number of benzene rings is 2. The molecule has 0 radical (unpaired) electrons. The molecule has 0 aromatic heterocycles. The first-order chi connectivity index (χ1) is 13.4. The number of carbonyl (C=O) groups excluding carboxylic acids is 1. The average Bonchev–Trinajstić information content (AvgIpc) is 2.72. The first-order valence-corrected chi connectivity index (χ1v) is 11.0. The molecule has 0 aliphatic rings. The summed E-state index contributed by atoms with van der Waals surface area (Å²) in [6.07, 6.45) is 0.888. The van der Waals surface area contributed by atoms with Gasteiger partial charge in [0.15, 0.2) is 0 Å². The number of hydrogen-bond donors (Lipinski definition) is 0. The molecule has 0 heterocycles. The van der Waals surface area contributed by atoms with Gasteiger partial charge in [0.05, 0.1) is 16.6 Å². The van der Waals surface area contributed by atoms with Crippen LogP contribution in [-0.2, 0) is 19.0 Å². The molecule has 3 atom stereocenters. The van der Waals surface area contributed by atoms with Crippen LogP contribution in [-0.4, -0.2) is 26.6 Å². The summed E-state index contributed by atoms with van der Waals surface area (Å²) in [7, 11) is -3.89. The summed E-state index contributed by atoms with van der Waals surface area (Å²) in [6, 6.07) is 16.9. The average molecular weight is 405 g/mol. The van der Waals surface area contributed by atoms with Gasteiger partial charge >= 0.3 is 5.97 Å². The number of hydrogen-bond acceptors (Lipinski definition) is 5. The van der Waals surface area contributed by atoms with Crippen molar-refractivity contribution in [2.45, 2.75) is 57.1 Å². The molecule has 2 rings (SSSR count). The van der Waals surface area contributed by atoms with Crippen LogP contribution in [0.25, 0.3) is 0 Å². The van der Waals surface area contributed by atoms with E-state index in [4.69, 9.17) is 8.92 Å². The Kier molecular flexibility index (Phi) is 8.20. The Labute approximate surface area is 167 Å². The standard InChI is InChI=1S/C22H28O5S/c1-4-12-21(26-22(23)18-13-8-6-9-14-18)17(3)20(5-2)27-28(24,25)19-15-10-7-11-16-19/h6-11,13-17,20-21H,4-5,12H2,1-3H3. The third kappa shape index (κ3) is 5.91. The number of rotatable bonds is 10. The minimum Gasteiger partial charge on any atom is -0.458 e. The third-order valence-corrected chi connectivity index (χ3v) is 6.05. The minimum absolute atomic E-state index is 0.119. The molecule has 0 aliphatic heterocycles. The smallest absolute Gasteiger partial charge is 0.338 e. The van der Waals surface area contributed by atoms with Crippen LogP contribution in [0.1, 0.15) is 50.4 Å². The van der Waals surface area contributed by atoms with Gasteiger partial charge in [0, 0.05) is 5.92 Å². The fraction of sp³-hybridized carbons (Fsp3) is 0.409. The molecule has 5 nitrogen and oxygen atoms in total. The van der Waals surface area contributed by atoms with Gasteiger partial charge in [-0.3, -0.25) is 4.18 Å². The van der Waals surface area contributed by atoms with Crippen molar-refractivity contribution in [2.24, 2.45) is 5.92 Å². The molecule has 152 valence electrons. The van der Waals surface area contributed by atoms with Crippen LogP contribution in [0.2, 0.25) is 0 Å². The van der Waals surface area contributed by atoms with Crippen molar-refractivity contribution >= 4 is 16.1 Å². The predicted molar refractivity (Wildman–Crippen MR) is 109 cm³/mol. The van der Waals surface area contributed by atoms with Gasteiger partial charge in [-0.25, -0.2) is 4.79 Å². The largest absolute Gasteiger partial charge is 0.458 e. The van der Waals surface area contributed by atoms with Gasteiger partial charge in [0.25, 0.3) is 10.1 Å². The van der Waals surface area contributed by atoms with Crippen LogP contribution in [0.5, 0.6) is 0 Å². The summed E-state index contributed by atoms with van der Waals surface area (Å²) in [5.74, 6) is -0.692.